The molecule has 0 bridgehead atoms. The maximum Gasteiger partial charge on any atom is -0.00132 e. The molecule has 0 heterocycles. The Hall–Kier alpha value is -2.34. The van der Waals surface area contributed by atoms with Crippen molar-refractivity contribution in [3.8, 4) is 22.3 Å². The largest absolute Gasteiger partial charge is 0.0619 e. The predicted octanol–water partition coefficient (Wildman–Crippen LogP) is 4.72. The van der Waals surface area contributed by atoms with E-state index in [0.29, 0.717) is 0 Å². The molecule has 1 aliphatic rings. The Bertz CT molecular complexity index is 739. The molecular weight excluding hydrogens is 228 g/mol. The van der Waals surface area contributed by atoms with Crippen LogP contribution < -0.4 is 0 Å². The van der Waals surface area contributed by atoms with E-state index in [-0.39, 0.29) is 0 Å². The van der Waals surface area contributed by atoms with E-state index in [0.717, 1.165) is 6.42 Å². The van der Waals surface area contributed by atoms with Crippen molar-refractivity contribution >= 4 is 0 Å². The van der Waals surface area contributed by atoms with E-state index in [1.807, 2.05) is 12.1 Å². The van der Waals surface area contributed by atoms with E-state index in [2.05, 4.69) is 60.7 Å². The van der Waals surface area contributed by atoms with Gasteiger partial charge in [-0.25, -0.2) is 0 Å². The average Bonchev–Trinajstić information content (AvgIpc) is 2.86. The zero-order valence-corrected chi connectivity index (χ0v) is 10.6. The van der Waals surface area contributed by atoms with Gasteiger partial charge in [-0.2, -0.15) is 0 Å². The zero-order valence-electron chi connectivity index (χ0n) is 10.6. The predicted molar refractivity (Wildman–Crippen MR) is 79.0 cm³/mol. The summed E-state index contributed by atoms with van der Waals surface area (Å²) in [4.78, 5) is 0. The normalized spacial score (nSPS) is 12.0. The Kier molecular flexibility index (Phi) is 2.28. The summed E-state index contributed by atoms with van der Waals surface area (Å²) in [7, 11) is 0. The van der Waals surface area contributed by atoms with Crippen LogP contribution in [0.1, 0.15) is 11.1 Å². The third kappa shape index (κ3) is 1.68. The summed E-state index contributed by atoms with van der Waals surface area (Å²) >= 11 is 0. The number of benzene rings is 3. The van der Waals surface area contributed by atoms with Gasteiger partial charge in [0, 0.05) is 0 Å². The molecule has 3 aromatic carbocycles. The molecule has 0 atom stereocenters. The van der Waals surface area contributed by atoms with Crippen LogP contribution in [0.3, 0.4) is 0 Å². The fourth-order valence-corrected chi connectivity index (χ4v) is 2.90. The van der Waals surface area contributed by atoms with Crippen molar-refractivity contribution in [1.82, 2.24) is 0 Å². The molecule has 0 aromatic heterocycles. The molecule has 19 heavy (non-hydrogen) atoms. The van der Waals surface area contributed by atoms with Crippen molar-refractivity contribution in [1.29, 1.82) is 0 Å². The highest BCUT2D eigenvalue weighted by Crippen LogP contribution is 2.38. The van der Waals surface area contributed by atoms with E-state index in [9.17, 15) is 0 Å². The summed E-state index contributed by atoms with van der Waals surface area (Å²) in [6.45, 7) is 0. The fourth-order valence-electron chi connectivity index (χ4n) is 2.90. The lowest BCUT2D eigenvalue weighted by atomic mass is 9.99. The lowest BCUT2D eigenvalue weighted by Crippen LogP contribution is -1.83. The lowest BCUT2D eigenvalue weighted by Gasteiger charge is -2.05. The second-order valence-corrected chi connectivity index (χ2v) is 4.99. The van der Waals surface area contributed by atoms with Crippen molar-refractivity contribution < 1.29 is 0 Å². The van der Waals surface area contributed by atoms with Gasteiger partial charge in [-0.1, -0.05) is 66.7 Å². The quantitative estimate of drug-likeness (QED) is 0.452. The van der Waals surface area contributed by atoms with Crippen LogP contribution in [0.15, 0.2) is 66.7 Å². The minimum Gasteiger partial charge on any atom is -0.0619 e. The van der Waals surface area contributed by atoms with E-state index in [1.165, 1.54) is 33.4 Å². The van der Waals surface area contributed by atoms with Gasteiger partial charge < -0.3 is 0 Å². The van der Waals surface area contributed by atoms with Gasteiger partial charge in [0.15, 0.2) is 0 Å². The molecule has 1 aliphatic carbocycles. The highest BCUT2D eigenvalue weighted by atomic mass is 14.2. The Morgan fingerprint density at radius 1 is 0.684 bits per heavy atom. The highest BCUT2D eigenvalue weighted by Gasteiger charge is 2.17. The molecule has 0 heteroatoms. The Labute approximate surface area is 113 Å². The molecule has 4 rings (SSSR count). The summed E-state index contributed by atoms with van der Waals surface area (Å²) < 4.78 is 0. The first-order chi connectivity index (χ1) is 9.42. The molecular formula is C19H13. The van der Waals surface area contributed by atoms with Crippen LogP contribution in [0.25, 0.3) is 22.3 Å². The second-order valence-electron chi connectivity index (χ2n) is 4.99. The SMILES string of the molecule is [c]1ccc(-c2ccc3c(c2)Cc2ccccc2-3)cc1. The molecule has 0 unspecified atom stereocenters. The maximum atomic E-state index is 3.07. The minimum atomic E-state index is 1.05. The summed E-state index contributed by atoms with van der Waals surface area (Å²) in [5, 5.41) is 0. The van der Waals surface area contributed by atoms with E-state index >= 15 is 0 Å². The van der Waals surface area contributed by atoms with Gasteiger partial charge in [-0.05, 0) is 45.9 Å². The van der Waals surface area contributed by atoms with Crippen LogP contribution in [0.5, 0.6) is 0 Å². The smallest absolute Gasteiger partial charge is 0.00132 e. The number of hydrogen-bond donors (Lipinski definition) is 0. The molecule has 0 aliphatic heterocycles. The fraction of sp³-hybridized carbons (Fsp3) is 0.0526. The number of hydrogen-bond acceptors (Lipinski definition) is 0. The Morgan fingerprint density at radius 2 is 1.47 bits per heavy atom. The van der Waals surface area contributed by atoms with Crippen LogP contribution >= 0.6 is 0 Å². The third-order valence-corrected chi connectivity index (χ3v) is 3.85. The van der Waals surface area contributed by atoms with Crippen LogP contribution in [0.4, 0.5) is 0 Å². The van der Waals surface area contributed by atoms with Gasteiger partial charge in [-0.15, -0.1) is 0 Å². The van der Waals surface area contributed by atoms with E-state index < -0.39 is 0 Å². The van der Waals surface area contributed by atoms with Gasteiger partial charge in [0.25, 0.3) is 0 Å². The van der Waals surface area contributed by atoms with Crippen LogP contribution in [-0.4, -0.2) is 0 Å². The summed E-state index contributed by atoms with van der Waals surface area (Å²) in [6, 6.07) is 26.7. The van der Waals surface area contributed by atoms with Gasteiger partial charge in [0.05, 0.1) is 0 Å². The molecule has 89 valence electrons. The lowest BCUT2D eigenvalue weighted by molar-refractivity contribution is 1.26. The van der Waals surface area contributed by atoms with Crippen molar-refractivity contribution in [2.45, 2.75) is 6.42 Å². The highest BCUT2D eigenvalue weighted by molar-refractivity contribution is 5.80. The van der Waals surface area contributed by atoms with Crippen molar-refractivity contribution in [3.63, 3.8) is 0 Å². The first-order valence-electron chi connectivity index (χ1n) is 6.59. The summed E-state index contributed by atoms with van der Waals surface area (Å²) in [6.07, 6.45) is 1.05. The van der Waals surface area contributed by atoms with Gasteiger partial charge in [-0.3, -0.25) is 0 Å². The summed E-state index contributed by atoms with van der Waals surface area (Å²) in [5.74, 6) is 0. The maximum absolute atomic E-state index is 3.07. The first-order valence-corrected chi connectivity index (χ1v) is 6.59. The van der Waals surface area contributed by atoms with Crippen molar-refractivity contribution in [3.05, 3.63) is 83.9 Å². The standard InChI is InChI=1S/C19H13/c1-2-6-14(7-3-1)15-10-11-19-17(12-15)13-16-8-4-5-9-18(16)19/h2-12H,13H2. The molecule has 0 spiro atoms. The number of rotatable bonds is 1. The van der Waals surface area contributed by atoms with Crippen LogP contribution in [-0.2, 0) is 6.42 Å². The summed E-state index contributed by atoms with van der Waals surface area (Å²) in [5.41, 5.74) is 8.22. The van der Waals surface area contributed by atoms with E-state index in [4.69, 9.17) is 0 Å². The Balaban J connectivity index is 1.84. The van der Waals surface area contributed by atoms with Crippen molar-refractivity contribution in [2.75, 3.05) is 0 Å². The molecule has 0 amide bonds. The van der Waals surface area contributed by atoms with Gasteiger partial charge in [0.2, 0.25) is 0 Å². The molecule has 0 nitrogen and oxygen atoms in total. The second kappa shape index (κ2) is 4.10. The molecule has 0 saturated heterocycles. The van der Waals surface area contributed by atoms with Crippen molar-refractivity contribution in [2.24, 2.45) is 0 Å². The van der Waals surface area contributed by atoms with Gasteiger partial charge >= 0.3 is 0 Å². The molecule has 0 fully saturated rings. The number of fused-ring (bicyclic) bond motifs is 3. The first kappa shape index (κ1) is 10.6. The van der Waals surface area contributed by atoms with E-state index in [1.54, 1.807) is 0 Å². The third-order valence-electron chi connectivity index (χ3n) is 3.85. The molecule has 0 saturated carbocycles. The molecule has 3 aromatic rings. The Morgan fingerprint density at radius 3 is 2.37 bits per heavy atom. The molecule has 1 radical (unpaired) electrons. The average molecular weight is 241 g/mol. The topological polar surface area (TPSA) is 0 Å². The minimum absolute atomic E-state index is 1.05. The van der Waals surface area contributed by atoms with Crippen LogP contribution in [0.2, 0.25) is 0 Å². The van der Waals surface area contributed by atoms with Crippen LogP contribution in [0, 0.1) is 6.07 Å². The van der Waals surface area contributed by atoms with Gasteiger partial charge in [0.1, 0.15) is 0 Å². The molecule has 0 N–H and O–H groups in total. The zero-order chi connectivity index (χ0) is 12.7. The monoisotopic (exact) mass is 241 g/mol.